The highest BCUT2D eigenvalue weighted by Crippen LogP contribution is 2.47. The van der Waals surface area contributed by atoms with E-state index in [2.05, 4.69) is 22.1 Å². The van der Waals surface area contributed by atoms with E-state index in [1.165, 1.54) is 6.07 Å². The van der Waals surface area contributed by atoms with E-state index in [1.54, 1.807) is 11.0 Å². The van der Waals surface area contributed by atoms with Gasteiger partial charge in [0, 0.05) is 30.5 Å². The van der Waals surface area contributed by atoms with Crippen LogP contribution in [-0.4, -0.2) is 56.1 Å². The minimum absolute atomic E-state index is 0.121. The Hall–Kier alpha value is -4.05. The van der Waals surface area contributed by atoms with Gasteiger partial charge in [0.15, 0.2) is 0 Å². The van der Waals surface area contributed by atoms with Gasteiger partial charge in [-0.1, -0.05) is 24.3 Å². The number of fused-ring (bicyclic) bond motifs is 4. The molecule has 1 aromatic heterocycles. The maximum absolute atomic E-state index is 14.0. The summed E-state index contributed by atoms with van der Waals surface area (Å²) in [6.45, 7) is 3.07. The molecule has 0 radical (unpaired) electrons. The van der Waals surface area contributed by atoms with Crippen LogP contribution >= 0.6 is 0 Å². The topological polar surface area (TPSA) is 81.7 Å². The fourth-order valence-corrected chi connectivity index (χ4v) is 6.98. The van der Waals surface area contributed by atoms with Crippen LogP contribution in [-0.2, 0) is 18.3 Å². The zero-order chi connectivity index (χ0) is 29.2. The zero-order valence-electron chi connectivity index (χ0n) is 23.1. The second-order valence-corrected chi connectivity index (χ2v) is 11.7. The number of aromatic nitrogens is 2. The van der Waals surface area contributed by atoms with Gasteiger partial charge >= 0.3 is 12.2 Å². The summed E-state index contributed by atoms with van der Waals surface area (Å²) in [4.78, 5) is 25.4. The first-order valence-corrected chi connectivity index (χ1v) is 14.3. The van der Waals surface area contributed by atoms with E-state index in [-0.39, 0.29) is 36.5 Å². The minimum Gasteiger partial charge on any atom is -0.491 e. The standard InChI is InChI=1S/C32H31F3N4O3/c1-19-36-27-9-5-21(14-28(27)37-19)20-6-10-29-22(13-20)18-38(11-12-42-29)30(40)39-25-7-8-26(39)17-31(41,16-25)23-3-2-4-24(15-23)32(33,34)35/h2-6,9-10,13-15,25-26,41H,7-8,11-12,16-18H2,1H3,(H,36,37). The van der Waals surface area contributed by atoms with Crippen molar-refractivity contribution >= 4 is 17.1 Å². The number of rotatable bonds is 2. The van der Waals surface area contributed by atoms with Gasteiger partial charge in [0.1, 0.15) is 18.2 Å². The van der Waals surface area contributed by atoms with Gasteiger partial charge in [-0.05, 0) is 72.9 Å². The van der Waals surface area contributed by atoms with Crippen LogP contribution in [0.2, 0.25) is 0 Å². The Morgan fingerprint density at radius 3 is 2.55 bits per heavy atom. The van der Waals surface area contributed by atoms with Gasteiger partial charge in [-0.15, -0.1) is 0 Å². The number of hydrogen-bond donors (Lipinski definition) is 2. The summed E-state index contributed by atoms with van der Waals surface area (Å²) >= 11 is 0. The number of nitrogens with one attached hydrogen (secondary N) is 1. The number of ether oxygens (including phenoxy) is 1. The van der Waals surface area contributed by atoms with Crippen molar-refractivity contribution in [1.29, 1.82) is 0 Å². The number of alkyl halides is 3. The van der Waals surface area contributed by atoms with Gasteiger partial charge in [-0.25, -0.2) is 9.78 Å². The van der Waals surface area contributed by atoms with Crippen molar-refractivity contribution in [1.82, 2.24) is 19.8 Å². The van der Waals surface area contributed by atoms with Crippen molar-refractivity contribution in [2.75, 3.05) is 13.2 Å². The number of aliphatic hydroxyl groups is 1. The van der Waals surface area contributed by atoms with Crippen LogP contribution in [0.5, 0.6) is 5.75 Å². The molecule has 2 atom stereocenters. The lowest BCUT2D eigenvalue weighted by Crippen LogP contribution is -2.55. The number of benzene rings is 3. The van der Waals surface area contributed by atoms with Gasteiger partial charge < -0.3 is 24.6 Å². The zero-order valence-corrected chi connectivity index (χ0v) is 23.1. The summed E-state index contributed by atoms with van der Waals surface area (Å²) in [7, 11) is 0. The quantitative estimate of drug-likeness (QED) is 0.290. The SMILES string of the molecule is Cc1nc2ccc(-c3ccc4c(c3)CN(C(=O)N3C5CCC3CC(O)(c3cccc(C(F)(F)F)c3)C5)CCO4)cc2[nH]1. The van der Waals surface area contributed by atoms with Crippen LogP contribution in [0.3, 0.4) is 0 Å². The summed E-state index contributed by atoms with van der Waals surface area (Å²) < 4.78 is 46.1. The Balaban J connectivity index is 1.11. The number of nitrogens with zero attached hydrogens (tertiary/aromatic N) is 3. The number of carbonyl (C=O) groups excluding carboxylic acids is 1. The Labute approximate surface area is 240 Å². The minimum atomic E-state index is -4.49. The first-order chi connectivity index (χ1) is 20.1. The first-order valence-electron chi connectivity index (χ1n) is 14.3. The molecule has 218 valence electrons. The molecule has 0 spiro atoms. The third kappa shape index (κ3) is 4.67. The van der Waals surface area contributed by atoms with E-state index in [9.17, 15) is 23.1 Å². The molecule has 2 fully saturated rings. The van der Waals surface area contributed by atoms with Crippen LogP contribution in [0.1, 0.15) is 48.2 Å². The van der Waals surface area contributed by atoms with Crippen LogP contribution in [0.15, 0.2) is 60.7 Å². The Morgan fingerprint density at radius 2 is 1.79 bits per heavy atom. The lowest BCUT2D eigenvalue weighted by Gasteiger charge is -2.45. The molecule has 2 bridgehead atoms. The van der Waals surface area contributed by atoms with Gasteiger partial charge in [0.25, 0.3) is 0 Å². The predicted molar refractivity (Wildman–Crippen MR) is 151 cm³/mol. The van der Waals surface area contributed by atoms with Crippen molar-refractivity contribution in [2.24, 2.45) is 0 Å². The fraction of sp³-hybridized carbons (Fsp3) is 0.375. The number of aryl methyl sites for hydroxylation is 1. The summed E-state index contributed by atoms with van der Waals surface area (Å²) in [5.74, 6) is 1.60. The molecular formula is C32H31F3N4O3. The number of halogens is 3. The molecule has 3 aromatic carbocycles. The molecule has 2 saturated heterocycles. The van der Waals surface area contributed by atoms with Crippen molar-refractivity contribution in [2.45, 2.75) is 63.0 Å². The maximum atomic E-state index is 14.0. The monoisotopic (exact) mass is 576 g/mol. The Bertz CT molecular complexity index is 1670. The summed E-state index contributed by atoms with van der Waals surface area (Å²) in [5, 5.41) is 11.6. The van der Waals surface area contributed by atoms with E-state index in [1.807, 2.05) is 36.1 Å². The van der Waals surface area contributed by atoms with Crippen LogP contribution in [0.25, 0.3) is 22.2 Å². The molecule has 0 aliphatic carbocycles. The highest BCUT2D eigenvalue weighted by atomic mass is 19.4. The van der Waals surface area contributed by atoms with E-state index in [0.29, 0.717) is 32.5 Å². The van der Waals surface area contributed by atoms with Crippen molar-refractivity contribution in [3.8, 4) is 16.9 Å². The fourth-order valence-electron chi connectivity index (χ4n) is 6.98. The van der Waals surface area contributed by atoms with E-state index >= 15 is 0 Å². The number of imidazole rings is 1. The van der Waals surface area contributed by atoms with Gasteiger partial charge in [-0.2, -0.15) is 13.2 Å². The predicted octanol–water partition coefficient (Wildman–Crippen LogP) is 6.39. The van der Waals surface area contributed by atoms with Crippen molar-refractivity contribution < 1.29 is 27.8 Å². The van der Waals surface area contributed by atoms with Crippen molar-refractivity contribution in [3.05, 3.63) is 83.2 Å². The average Bonchev–Trinajstić information content (AvgIpc) is 3.37. The van der Waals surface area contributed by atoms with Crippen LogP contribution in [0, 0.1) is 6.92 Å². The maximum Gasteiger partial charge on any atom is 0.416 e. The van der Waals surface area contributed by atoms with Crippen LogP contribution < -0.4 is 4.74 Å². The molecule has 3 aliphatic heterocycles. The molecule has 3 aliphatic rings. The normalized spacial score (nSPS) is 23.9. The summed E-state index contributed by atoms with van der Waals surface area (Å²) in [6, 6.07) is 16.4. The Morgan fingerprint density at radius 1 is 1.05 bits per heavy atom. The second-order valence-electron chi connectivity index (χ2n) is 11.7. The Kier molecular flexibility index (Phi) is 6.23. The second kappa shape index (κ2) is 9.76. The molecule has 7 nitrogen and oxygen atoms in total. The molecule has 42 heavy (non-hydrogen) atoms. The molecule has 2 unspecified atom stereocenters. The lowest BCUT2D eigenvalue weighted by atomic mass is 9.80. The van der Waals surface area contributed by atoms with E-state index in [0.717, 1.165) is 51.4 Å². The van der Waals surface area contributed by atoms with E-state index in [4.69, 9.17) is 4.74 Å². The van der Waals surface area contributed by atoms with Gasteiger partial charge in [0.2, 0.25) is 0 Å². The number of amides is 2. The number of urea groups is 1. The third-order valence-electron chi connectivity index (χ3n) is 8.96. The van der Waals surface area contributed by atoms with Crippen LogP contribution in [0.4, 0.5) is 18.0 Å². The molecule has 10 heteroatoms. The highest BCUT2D eigenvalue weighted by Gasteiger charge is 2.51. The molecular weight excluding hydrogens is 545 g/mol. The van der Waals surface area contributed by atoms with Gasteiger partial charge in [0.05, 0.1) is 35.3 Å². The number of H-pyrrole nitrogens is 1. The number of hydrogen-bond acceptors (Lipinski definition) is 4. The molecule has 7 rings (SSSR count). The first kappa shape index (κ1) is 26.8. The molecule has 2 amide bonds. The third-order valence-corrected chi connectivity index (χ3v) is 8.96. The molecule has 4 heterocycles. The number of aromatic amines is 1. The van der Waals surface area contributed by atoms with Crippen molar-refractivity contribution in [3.63, 3.8) is 0 Å². The molecule has 4 aromatic rings. The molecule has 0 saturated carbocycles. The lowest BCUT2D eigenvalue weighted by molar-refractivity contribution is -0.137. The highest BCUT2D eigenvalue weighted by molar-refractivity contribution is 5.82. The smallest absolute Gasteiger partial charge is 0.416 e. The van der Waals surface area contributed by atoms with Gasteiger partial charge in [-0.3, -0.25) is 0 Å². The van der Waals surface area contributed by atoms with E-state index < -0.39 is 17.3 Å². The summed E-state index contributed by atoms with van der Waals surface area (Å²) in [5.41, 5.74) is 2.87. The molecule has 2 N–H and O–H groups in total. The number of carbonyl (C=O) groups is 1. The average molecular weight is 577 g/mol. The summed E-state index contributed by atoms with van der Waals surface area (Å²) in [6.07, 6.45) is -2.66. The largest absolute Gasteiger partial charge is 0.491 e. The number of piperidine rings is 1.